The molecule has 0 N–H and O–H groups in total. The standard InChI is InChI=1S/C6H13IOS/c1-2-5-9(8)6-3-4-7/h2-6H2,1H3. The van der Waals surface area contributed by atoms with Crippen LogP contribution in [0.25, 0.3) is 0 Å². The molecule has 0 spiro atoms. The molecule has 0 heterocycles. The molecule has 0 rings (SSSR count). The third-order valence-corrected chi connectivity index (χ3v) is 3.31. The van der Waals surface area contributed by atoms with Crippen LogP contribution in [-0.4, -0.2) is 20.1 Å². The first-order valence-electron chi connectivity index (χ1n) is 3.22. The van der Waals surface area contributed by atoms with Gasteiger partial charge in [0.1, 0.15) is 0 Å². The topological polar surface area (TPSA) is 17.1 Å². The van der Waals surface area contributed by atoms with Gasteiger partial charge in [0.15, 0.2) is 0 Å². The second kappa shape index (κ2) is 6.99. The molecule has 0 aliphatic heterocycles. The van der Waals surface area contributed by atoms with Crippen molar-refractivity contribution in [2.45, 2.75) is 19.8 Å². The Bertz CT molecular complexity index is 85.1. The predicted molar refractivity (Wildman–Crippen MR) is 51.7 cm³/mol. The van der Waals surface area contributed by atoms with Gasteiger partial charge >= 0.3 is 0 Å². The highest BCUT2D eigenvalue weighted by atomic mass is 127. The van der Waals surface area contributed by atoms with Crippen LogP contribution in [0.3, 0.4) is 0 Å². The van der Waals surface area contributed by atoms with Crippen LogP contribution in [0, 0.1) is 0 Å². The van der Waals surface area contributed by atoms with E-state index in [0.717, 1.165) is 28.8 Å². The maximum atomic E-state index is 10.9. The molecule has 0 aromatic carbocycles. The molecular weight excluding hydrogens is 247 g/mol. The van der Waals surface area contributed by atoms with Gasteiger partial charge in [-0.2, -0.15) is 0 Å². The van der Waals surface area contributed by atoms with Crippen LogP contribution in [-0.2, 0) is 10.8 Å². The van der Waals surface area contributed by atoms with Crippen molar-refractivity contribution in [3.8, 4) is 0 Å². The van der Waals surface area contributed by atoms with Crippen molar-refractivity contribution in [2.24, 2.45) is 0 Å². The maximum absolute atomic E-state index is 10.9. The minimum Gasteiger partial charge on any atom is -0.260 e. The number of alkyl halides is 1. The van der Waals surface area contributed by atoms with Crippen LogP contribution in [0.5, 0.6) is 0 Å². The fraction of sp³-hybridized carbons (Fsp3) is 1.00. The van der Waals surface area contributed by atoms with Gasteiger partial charge in [0.2, 0.25) is 0 Å². The van der Waals surface area contributed by atoms with E-state index in [9.17, 15) is 4.21 Å². The van der Waals surface area contributed by atoms with E-state index in [2.05, 4.69) is 29.5 Å². The summed E-state index contributed by atoms with van der Waals surface area (Å²) in [6.07, 6.45) is 2.15. The second-order valence-electron chi connectivity index (χ2n) is 1.89. The molecule has 3 heteroatoms. The maximum Gasteiger partial charge on any atom is 0.0242 e. The first-order chi connectivity index (χ1) is 4.31. The number of hydrogen-bond acceptors (Lipinski definition) is 1. The van der Waals surface area contributed by atoms with Crippen LogP contribution in [0.2, 0.25) is 0 Å². The van der Waals surface area contributed by atoms with E-state index >= 15 is 0 Å². The molecule has 0 bridgehead atoms. The Kier molecular flexibility index (Phi) is 7.68. The Morgan fingerprint density at radius 2 is 2.11 bits per heavy atom. The SMILES string of the molecule is CCCS(=O)CCCI. The molecule has 0 aromatic rings. The third-order valence-electron chi connectivity index (χ3n) is 0.937. The lowest BCUT2D eigenvalue weighted by Gasteiger charge is -1.95. The highest BCUT2D eigenvalue weighted by Gasteiger charge is 1.94. The molecule has 0 fully saturated rings. The van der Waals surface area contributed by atoms with Gasteiger partial charge in [-0.05, 0) is 12.8 Å². The van der Waals surface area contributed by atoms with Crippen LogP contribution < -0.4 is 0 Å². The molecule has 0 aromatic heterocycles. The summed E-state index contributed by atoms with van der Waals surface area (Å²) in [6.45, 7) is 2.07. The molecular formula is C6H13IOS. The van der Waals surface area contributed by atoms with Gasteiger partial charge in [-0.3, -0.25) is 4.21 Å². The zero-order chi connectivity index (χ0) is 7.11. The number of rotatable bonds is 5. The summed E-state index contributed by atoms with van der Waals surface area (Å²) in [6, 6.07) is 0. The molecule has 56 valence electrons. The monoisotopic (exact) mass is 260 g/mol. The lowest BCUT2D eigenvalue weighted by molar-refractivity contribution is 0.681. The fourth-order valence-corrected chi connectivity index (χ4v) is 2.57. The van der Waals surface area contributed by atoms with E-state index in [1.54, 1.807) is 0 Å². The van der Waals surface area contributed by atoms with Crippen molar-refractivity contribution in [1.82, 2.24) is 0 Å². The van der Waals surface area contributed by atoms with Crippen LogP contribution in [0.15, 0.2) is 0 Å². The number of halogens is 1. The van der Waals surface area contributed by atoms with Gasteiger partial charge in [-0.25, -0.2) is 0 Å². The molecule has 1 atom stereocenters. The van der Waals surface area contributed by atoms with E-state index in [1.165, 1.54) is 0 Å². The molecule has 0 aliphatic rings. The highest BCUT2D eigenvalue weighted by molar-refractivity contribution is 14.1. The zero-order valence-corrected chi connectivity index (χ0v) is 8.70. The Morgan fingerprint density at radius 1 is 1.44 bits per heavy atom. The van der Waals surface area contributed by atoms with Gasteiger partial charge in [-0.15, -0.1) is 0 Å². The van der Waals surface area contributed by atoms with E-state index in [4.69, 9.17) is 0 Å². The largest absolute Gasteiger partial charge is 0.260 e. The predicted octanol–water partition coefficient (Wildman–Crippen LogP) is 1.97. The summed E-state index contributed by atoms with van der Waals surface area (Å²) < 4.78 is 12.0. The lowest BCUT2D eigenvalue weighted by atomic mass is 10.6. The minimum absolute atomic E-state index is 0.525. The first-order valence-corrected chi connectivity index (χ1v) is 6.23. The molecule has 0 saturated carbocycles. The number of hydrogen-bond donors (Lipinski definition) is 0. The molecule has 9 heavy (non-hydrogen) atoms. The summed E-state index contributed by atoms with van der Waals surface area (Å²) in [7, 11) is -0.525. The third kappa shape index (κ3) is 6.77. The van der Waals surface area contributed by atoms with Crippen molar-refractivity contribution in [3.05, 3.63) is 0 Å². The molecule has 0 saturated heterocycles. The van der Waals surface area contributed by atoms with Crippen LogP contribution in [0.1, 0.15) is 19.8 Å². The van der Waals surface area contributed by atoms with Gasteiger partial charge < -0.3 is 0 Å². The van der Waals surface area contributed by atoms with Crippen molar-refractivity contribution in [2.75, 3.05) is 15.9 Å². The van der Waals surface area contributed by atoms with Crippen molar-refractivity contribution >= 4 is 33.4 Å². The smallest absolute Gasteiger partial charge is 0.0242 e. The van der Waals surface area contributed by atoms with Crippen molar-refractivity contribution in [1.29, 1.82) is 0 Å². The summed E-state index contributed by atoms with van der Waals surface area (Å²) in [5, 5.41) is 0. The van der Waals surface area contributed by atoms with Gasteiger partial charge in [0.25, 0.3) is 0 Å². The quantitative estimate of drug-likeness (QED) is 0.545. The Labute approximate surface area is 73.2 Å². The highest BCUT2D eigenvalue weighted by Crippen LogP contribution is 1.93. The van der Waals surface area contributed by atoms with E-state index in [1.807, 2.05) is 0 Å². The average molecular weight is 260 g/mol. The summed E-state index contributed by atoms with van der Waals surface area (Å²) in [5.74, 6) is 1.79. The van der Waals surface area contributed by atoms with E-state index < -0.39 is 10.8 Å². The van der Waals surface area contributed by atoms with Gasteiger partial charge in [0.05, 0.1) is 0 Å². The molecule has 0 radical (unpaired) electrons. The second-order valence-corrected chi connectivity index (χ2v) is 4.67. The van der Waals surface area contributed by atoms with E-state index in [-0.39, 0.29) is 0 Å². The molecule has 1 nitrogen and oxygen atoms in total. The average Bonchev–Trinajstić information content (AvgIpc) is 1.85. The molecule has 0 aliphatic carbocycles. The normalized spacial score (nSPS) is 13.6. The van der Waals surface area contributed by atoms with Crippen LogP contribution >= 0.6 is 22.6 Å². The minimum atomic E-state index is -0.525. The Hall–Kier alpha value is 0.880. The first kappa shape index (κ1) is 9.88. The van der Waals surface area contributed by atoms with Crippen molar-refractivity contribution in [3.63, 3.8) is 0 Å². The van der Waals surface area contributed by atoms with Crippen molar-refractivity contribution < 1.29 is 4.21 Å². The molecule has 0 amide bonds. The Balaban J connectivity index is 3.06. The Morgan fingerprint density at radius 3 is 2.56 bits per heavy atom. The van der Waals surface area contributed by atoms with E-state index in [0.29, 0.717) is 0 Å². The van der Waals surface area contributed by atoms with Gasteiger partial charge in [0, 0.05) is 26.7 Å². The molecule has 1 unspecified atom stereocenters. The van der Waals surface area contributed by atoms with Crippen LogP contribution in [0.4, 0.5) is 0 Å². The zero-order valence-electron chi connectivity index (χ0n) is 5.73. The van der Waals surface area contributed by atoms with Gasteiger partial charge in [-0.1, -0.05) is 29.5 Å². The summed E-state index contributed by atoms with van der Waals surface area (Å²) in [5.41, 5.74) is 0. The summed E-state index contributed by atoms with van der Waals surface area (Å²) >= 11 is 2.31. The fourth-order valence-electron chi connectivity index (χ4n) is 0.545. The lowest BCUT2D eigenvalue weighted by Crippen LogP contribution is -2.01. The summed E-state index contributed by atoms with van der Waals surface area (Å²) in [4.78, 5) is 0.